The number of aliphatic imine (C=N–C) groups is 2. The summed E-state index contributed by atoms with van der Waals surface area (Å²) in [6.07, 6.45) is 31.1. The molecular formula is C81H98N6O8. The van der Waals surface area contributed by atoms with E-state index in [9.17, 15) is 0 Å². The maximum Gasteiger partial charge on any atom is 0.121 e. The van der Waals surface area contributed by atoms with Gasteiger partial charge in [-0.2, -0.15) is 20.5 Å². The molecule has 8 aromatic carbocycles. The largest absolute Gasteiger partial charge is 0.497 e. The van der Waals surface area contributed by atoms with Gasteiger partial charge in [-0.05, 0) is 226 Å². The van der Waals surface area contributed by atoms with Crippen molar-refractivity contribution in [1.82, 2.24) is 0 Å². The Hall–Kier alpha value is -9.30. The van der Waals surface area contributed by atoms with Crippen molar-refractivity contribution in [3.8, 4) is 46.0 Å². The lowest BCUT2D eigenvalue weighted by Crippen LogP contribution is -2.01. The minimum absolute atomic E-state index is 0.635. The number of azo groups is 2. The highest BCUT2D eigenvalue weighted by atomic mass is 16.5. The van der Waals surface area contributed by atoms with E-state index >= 15 is 0 Å². The highest BCUT2D eigenvalue weighted by Gasteiger charge is 2.05. The molecule has 0 aliphatic carbocycles. The van der Waals surface area contributed by atoms with Gasteiger partial charge in [0.05, 0.1) is 88.0 Å². The summed E-state index contributed by atoms with van der Waals surface area (Å²) in [7, 11) is 3.30. The van der Waals surface area contributed by atoms with Crippen LogP contribution in [0.2, 0.25) is 0 Å². The summed E-state index contributed by atoms with van der Waals surface area (Å²) in [6, 6.07) is 62.7. The minimum atomic E-state index is 0.635. The van der Waals surface area contributed by atoms with Gasteiger partial charge in [0.1, 0.15) is 46.0 Å². The Morgan fingerprint density at radius 3 is 0.705 bits per heavy atom. The molecule has 0 N–H and O–H groups in total. The van der Waals surface area contributed by atoms with Crippen molar-refractivity contribution in [2.24, 2.45) is 30.4 Å². The summed E-state index contributed by atoms with van der Waals surface area (Å²) in [5.74, 6) is 6.75. The smallest absolute Gasteiger partial charge is 0.121 e. The first kappa shape index (κ1) is 71.5. The van der Waals surface area contributed by atoms with Crippen LogP contribution >= 0.6 is 0 Å². The second-order valence-corrected chi connectivity index (χ2v) is 23.7. The zero-order chi connectivity index (χ0) is 65.7. The second-order valence-electron chi connectivity index (χ2n) is 23.7. The number of hydrogen-bond acceptors (Lipinski definition) is 14. The lowest BCUT2D eigenvalue weighted by Gasteiger charge is -2.08. The van der Waals surface area contributed by atoms with Crippen molar-refractivity contribution in [3.05, 3.63) is 205 Å². The molecule has 0 saturated heterocycles. The van der Waals surface area contributed by atoms with Crippen molar-refractivity contribution in [2.45, 2.75) is 148 Å². The van der Waals surface area contributed by atoms with E-state index in [4.69, 9.17) is 47.9 Å². The summed E-state index contributed by atoms with van der Waals surface area (Å²) < 4.78 is 46.6. The number of methoxy groups -OCH3 is 2. The fourth-order valence-electron chi connectivity index (χ4n) is 10.4. The van der Waals surface area contributed by atoms with Crippen molar-refractivity contribution < 1.29 is 37.9 Å². The molecule has 0 bridgehead atoms. The number of unbranched alkanes of at least 4 members (excludes halogenated alkanes) is 20. The van der Waals surface area contributed by atoms with E-state index in [1.165, 1.54) is 103 Å². The molecule has 14 nitrogen and oxygen atoms in total. The zero-order valence-electron chi connectivity index (χ0n) is 56.1. The molecule has 8 rings (SSSR count). The maximum atomic E-state index is 6.09. The first-order valence-corrected chi connectivity index (χ1v) is 34.6. The fraction of sp³-hybridized carbons (Fsp3) is 0.383. The van der Waals surface area contributed by atoms with Gasteiger partial charge in [0.15, 0.2) is 0 Å². The van der Waals surface area contributed by atoms with Crippen LogP contribution < -0.4 is 37.9 Å². The molecule has 0 spiro atoms. The van der Waals surface area contributed by atoms with Crippen LogP contribution in [0.4, 0.5) is 34.1 Å². The van der Waals surface area contributed by atoms with E-state index in [0.717, 1.165) is 163 Å². The third-order valence-electron chi connectivity index (χ3n) is 16.0. The lowest BCUT2D eigenvalue weighted by molar-refractivity contribution is 0.279. The molecule has 0 aliphatic rings. The summed E-state index contributed by atoms with van der Waals surface area (Å²) >= 11 is 0. The number of benzene rings is 8. The summed E-state index contributed by atoms with van der Waals surface area (Å²) in [6.45, 7) is 4.22. The quantitative estimate of drug-likeness (QED) is 0.0208. The van der Waals surface area contributed by atoms with Crippen molar-refractivity contribution in [1.29, 1.82) is 0 Å². The van der Waals surface area contributed by atoms with E-state index in [1.54, 1.807) is 14.2 Å². The normalized spacial score (nSPS) is 11.5. The third-order valence-corrected chi connectivity index (χ3v) is 16.0. The topological polar surface area (TPSA) is 148 Å². The van der Waals surface area contributed by atoms with Crippen LogP contribution in [-0.4, -0.2) is 66.3 Å². The predicted molar refractivity (Wildman–Crippen MR) is 387 cm³/mol. The summed E-state index contributed by atoms with van der Waals surface area (Å²) in [5, 5.41) is 17.2. The van der Waals surface area contributed by atoms with Gasteiger partial charge in [-0.15, -0.1) is 0 Å². The number of hydrogen-bond donors (Lipinski definition) is 0. The standard InChI is InChI=1S/C81H98N6O8/c1-88-74-48-36-68(37-49-74)84-86-70-40-52-78(53-41-70)92-58-22-17-13-9-5-3-7-11-15-20-56-90-76-44-32-66(33-45-76)64-82-72-28-26-30-80(62-72)94-60-24-19-25-61-95-81-31-27-29-73(63-81)83-65-67-34-46-77(47-35-67)91-57-21-16-12-8-4-6-10-14-18-23-59-93-79-54-42-71(43-55-79)87-85-69-38-50-75(89-2)51-39-69/h26-55,62-65H,3-25,56-61H2,1-2H3. The van der Waals surface area contributed by atoms with Crippen LogP contribution in [0, 0.1) is 0 Å². The Morgan fingerprint density at radius 2 is 0.442 bits per heavy atom. The van der Waals surface area contributed by atoms with Crippen LogP contribution in [0.5, 0.6) is 46.0 Å². The summed E-state index contributed by atoms with van der Waals surface area (Å²) in [5.41, 5.74) is 6.89. The van der Waals surface area contributed by atoms with Gasteiger partial charge in [-0.25, -0.2) is 0 Å². The highest BCUT2D eigenvalue weighted by Crippen LogP contribution is 2.28. The Labute approximate surface area is 564 Å². The SMILES string of the molecule is COc1ccc(N=Nc2ccc(OCCCCCCCCCCCCOc3ccc(C=Nc4cccc(OCCCCCOc5cccc(N=Cc6ccc(OCCCCCCCCCCCCOc7ccc(N=Nc8ccc(OC)cc8)cc7)cc6)c5)c4)cc3)cc2)cc1. The number of ether oxygens (including phenoxy) is 8. The van der Waals surface area contributed by atoms with Gasteiger partial charge in [0.25, 0.3) is 0 Å². The van der Waals surface area contributed by atoms with Crippen molar-refractivity contribution >= 4 is 46.6 Å². The average Bonchev–Trinajstić information content (AvgIpc) is 3.04. The van der Waals surface area contributed by atoms with E-state index in [1.807, 2.05) is 182 Å². The average molecular weight is 1280 g/mol. The van der Waals surface area contributed by atoms with Crippen molar-refractivity contribution in [2.75, 3.05) is 53.9 Å². The molecule has 0 fully saturated rings. The molecule has 0 radical (unpaired) electrons. The molecule has 95 heavy (non-hydrogen) atoms. The molecule has 0 heterocycles. The predicted octanol–water partition coefficient (Wildman–Crippen LogP) is 23.4. The van der Waals surface area contributed by atoms with Gasteiger partial charge in [-0.1, -0.05) is 115 Å². The van der Waals surface area contributed by atoms with Crippen LogP contribution in [0.15, 0.2) is 225 Å². The lowest BCUT2D eigenvalue weighted by atomic mass is 10.1. The third kappa shape index (κ3) is 30.1. The zero-order valence-corrected chi connectivity index (χ0v) is 56.1. The number of rotatable bonds is 48. The van der Waals surface area contributed by atoms with Gasteiger partial charge in [0.2, 0.25) is 0 Å². The van der Waals surface area contributed by atoms with Crippen molar-refractivity contribution in [3.63, 3.8) is 0 Å². The maximum absolute atomic E-state index is 6.09. The van der Waals surface area contributed by atoms with E-state index < -0.39 is 0 Å². The second kappa shape index (κ2) is 44.3. The molecule has 8 aromatic rings. The molecule has 0 saturated carbocycles. The van der Waals surface area contributed by atoms with Gasteiger partial charge >= 0.3 is 0 Å². The van der Waals surface area contributed by atoms with Gasteiger partial charge in [0, 0.05) is 24.6 Å². The van der Waals surface area contributed by atoms with Crippen LogP contribution in [0.25, 0.3) is 0 Å². The Bertz CT molecular complexity index is 3220. The molecule has 0 amide bonds. The Kier molecular flexibility index (Phi) is 33.4. The molecule has 14 heteroatoms. The number of nitrogens with zero attached hydrogens (tertiary/aromatic N) is 6. The Balaban J connectivity index is 0.563. The fourth-order valence-corrected chi connectivity index (χ4v) is 10.4. The van der Waals surface area contributed by atoms with Crippen LogP contribution in [0.1, 0.15) is 159 Å². The molecule has 0 aliphatic heterocycles. The summed E-state index contributed by atoms with van der Waals surface area (Å²) in [4.78, 5) is 9.43. The molecule has 0 unspecified atom stereocenters. The van der Waals surface area contributed by atoms with Crippen LogP contribution in [-0.2, 0) is 0 Å². The Morgan fingerprint density at radius 1 is 0.221 bits per heavy atom. The molecule has 0 aromatic heterocycles. The first-order chi connectivity index (χ1) is 47.0. The van der Waals surface area contributed by atoms with E-state index in [-0.39, 0.29) is 0 Å². The van der Waals surface area contributed by atoms with Gasteiger partial charge in [-0.3, -0.25) is 9.98 Å². The molecule has 0 atom stereocenters. The van der Waals surface area contributed by atoms with Crippen LogP contribution in [0.3, 0.4) is 0 Å². The van der Waals surface area contributed by atoms with Gasteiger partial charge < -0.3 is 37.9 Å². The highest BCUT2D eigenvalue weighted by molar-refractivity contribution is 5.83. The molecule has 500 valence electrons. The first-order valence-electron chi connectivity index (χ1n) is 34.6. The minimum Gasteiger partial charge on any atom is -0.497 e. The van der Waals surface area contributed by atoms with E-state index in [0.29, 0.717) is 13.2 Å². The molecular weight excluding hydrogens is 1180 g/mol. The monoisotopic (exact) mass is 1280 g/mol. The van der Waals surface area contributed by atoms with E-state index in [2.05, 4.69) is 44.7 Å².